The summed E-state index contributed by atoms with van der Waals surface area (Å²) in [6.45, 7) is 1.81. The van der Waals surface area contributed by atoms with Gasteiger partial charge < -0.3 is 4.74 Å². The fourth-order valence-corrected chi connectivity index (χ4v) is 5.05. The molecule has 0 atom stereocenters. The number of methoxy groups -OCH3 is 1. The van der Waals surface area contributed by atoms with Gasteiger partial charge in [-0.3, -0.25) is 15.5 Å². The molecule has 3 aromatic carbocycles. The van der Waals surface area contributed by atoms with Crippen LogP contribution in [-0.2, 0) is 5.75 Å². The van der Waals surface area contributed by atoms with Crippen LogP contribution in [0.2, 0.25) is 0 Å². The second kappa shape index (κ2) is 10.3. The van der Waals surface area contributed by atoms with Crippen LogP contribution in [0.25, 0.3) is 10.8 Å². The number of amides is 1. The molecule has 0 spiro atoms. The Kier molecular flexibility index (Phi) is 7.26. The summed E-state index contributed by atoms with van der Waals surface area (Å²) >= 11 is 10.5. The van der Waals surface area contributed by atoms with Crippen LogP contribution in [0.4, 0.5) is 0 Å². The fourth-order valence-electron chi connectivity index (χ4n) is 3.24. The third-order valence-corrected chi connectivity index (χ3v) is 6.82. The van der Waals surface area contributed by atoms with E-state index in [0.717, 1.165) is 16.5 Å². The van der Waals surface area contributed by atoms with Crippen LogP contribution < -0.4 is 15.5 Å². The molecule has 1 amide bonds. The molecule has 4 rings (SSSR count). The molecule has 0 aliphatic heterocycles. The van der Waals surface area contributed by atoms with Gasteiger partial charge in [0, 0.05) is 5.75 Å². The molecule has 168 valence electrons. The van der Waals surface area contributed by atoms with Gasteiger partial charge in [-0.25, -0.2) is 4.68 Å². The summed E-state index contributed by atoms with van der Waals surface area (Å²) in [7, 11) is 1.53. The minimum absolute atomic E-state index is 0.121. The molecular weight excluding hydrogens is 522 g/mol. The van der Waals surface area contributed by atoms with Crippen molar-refractivity contribution >= 4 is 61.7 Å². The average Bonchev–Trinajstić information content (AvgIpc) is 3.17. The van der Waals surface area contributed by atoms with E-state index in [1.807, 2.05) is 54.6 Å². The van der Waals surface area contributed by atoms with Gasteiger partial charge in [-0.2, -0.15) is 0 Å². The lowest BCUT2D eigenvalue weighted by Crippen LogP contribution is -2.38. The topological polar surface area (TPSA) is 81.1 Å². The zero-order valence-corrected chi connectivity index (χ0v) is 21.1. The molecule has 0 saturated heterocycles. The molecule has 0 saturated carbocycles. The van der Waals surface area contributed by atoms with E-state index < -0.39 is 0 Å². The second-order valence-electron chi connectivity index (χ2n) is 7.03. The van der Waals surface area contributed by atoms with Gasteiger partial charge in [0.25, 0.3) is 5.91 Å². The van der Waals surface area contributed by atoms with Crippen LogP contribution in [-0.4, -0.2) is 33.0 Å². The standard InChI is InChI=1S/C23H20BrN5O2S2/c1-14-26-27-23(33-13-15-8-4-3-5-9-15)29(14)28-22(32)25-21(30)18-12-16-10-6-7-11-17(16)19(24)20(18)31-2/h3-12H,13H2,1-2H3,(H2,25,28,30,32). The number of nitrogens with one attached hydrogen (secondary N) is 2. The Balaban J connectivity index is 1.50. The monoisotopic (exact) mass is 541 g/mol. The van der Waals surface area contributed by atoms with E-state index in [2.05, 4.69) is 36.9 Å². The highest BCUT2D eigenvalue weighted by atomic mass is 79.9. The van der Waals surface area contributed by atoms with E-state index in [9.17, 15) is 4.79 Å². The van der Waals surface area contributed by atoms with Crippen LogP contribution in [0.15, 0.2) is 70.3 Å². The molecule has 4 aromatic rings. The van der Waals surface area contributed by atoms with Gasteiger partial charge in [-0.15, -0.1) is 10.2 Å². The summed E-state index contributed by atoms with van der Waals surface area (Å²) in [5.41, 5.74) is 4.54. The number of carbonyl (C=O) groups is 1. The number of rotatable bonds is 6. The van der Waals surface area contributed by atoms with Crippen molar-refractivity contribution in [2.75, 3.05) is 12.5 Å². The summed E-state index contributed by atoms with van der Waals surface area (Å²) in [5.74, 6) is 1.39. The van der Waals surface area contributed by atoms with Crippen LogP contribution >= 0.6 is 39.9 Å². The molecule has 0 aliphatic rings. The molecule has 2 N–H and O–H groups in total. The number of hydrogen-bond donors (Lipinski definition) is 2. The van der Waals surface area contributed by atoms with Crippen molar-refractivity contribution in [3.63, 3.8) is 0 Å². The number of aromatic nitrogens is 3. The number of fused-ring (bicyclic) bond motifs is 1. The Labute approximate surface area is 209 Å². The van der Waals surface area contributed by atoms with Crippen molar-refractivity contribution in [1.29, 1.82) is 0 Å². The minimum atomic E-state index is -0.389. The van der Waals surface area contributed by atoms with Gasteiger partial charge in [0.2, 0.25) is 5.16 Å². The Bertz CT molecular complexity index is 1330. The van der Waals surface area contributed by atoms with E-state index in [-0.39, 0.29) is 11.0 Å². The molecule has 0 aliphatic carbocycles. The number of halogens is 1. The van der Waals surface area contributed by atoms with Crippen LogP contribution in [0.1, 0.15) is 21.7 Å². The zero-order chi connectivity index (χ0) is 23.4. The van der Waals surface area contributed by atoms with Crippen molar-refractivity contribution < 1.29 is 9.53 Å². The van der Waals surface area contributed by atoms with Gasteiger partial charge in [-0.1, -0.05) is 66.4 Å². The van der Waals surface area contributed by atoms with Crippen molar-refractivity contribution in [3.05, 3.63) is 82.1 Å². The molecule has 10 heteroatoms. The van der Waals surface area contributed by atoms with Gasteiger partial charge in [0.05, 0.1) is 17.1 Å². The predicted molar refractivity (Wildman–Crippen MR) is 138 cm³/mol. The van der Waals surface area contributed by atoms with Crippen molar-refractivity contribution in [1.82, 2.24) is 20.2 Å². The predicted octanol–water partition coefficient (Wildman–Crippen LogP) is 5.06. The molecule has 0 unspecified atom stereocenters. The highest BCUT2D eigenvalue weighted by Crippen LogP contribution is 2.36. The van der Waals surface area contributed by atoms with Crippen LogP contribution in [0, 0.1) is 6.92 Å². The first-order valence-corrected chi connectivity index (χ1v) is 12.1. The first-order chi connectivity index (χ1) is 16.0. The number of ether oxygens (including phenoxy) is 1. The maximum atomic E-state index is 13.1. The molecule has 0 bridgehead atoms. The molecule has 33 heavy (non-hydrogen) atoms. The smallest absolute Gasteiger partial charge is 0.261 e. The fraction of sp³-hybridized carbons (Fsp3) is 0.130. The number of thiocarbonyl (C=S) groups is 1. The first kappa shape index (κ1) is 23.2. The molecule has 0 radical (unpaired) electrons. The number of thioether (sulfide) groups is 1. The number of benzene rings is 3. The summed E-state index contributed by atoms with van der Waals surface area (Å²) in [5, 5.41) is 13.7. The van der Waals surface area contributed by atoms with Gasteiger partial charge >= 0.3 is 0 Å². The third kappa shape index (κ3) is 5.18. The zero-order valence-electron chi connectivity index (χ0n) is 17.8. The Hall–Kier alpha value is -2.95. The Morgan fingerprint density at radius 3 is 2.64 bits per heavy atom. The molecule has 1 heterocycles. The van der Waals surface area contributed by atoms with Gasteiger partial charge in [0.1, 0.15) is 11.6 Å². The SMILES string of the molecule is COc1c(C(=O)NC(=S)Nn2c(C)nnc2SCc2ccccc2)cc2ccccc2c1Br. The molecule has 0 fully saturated rings. The number of aryl methyl sites for hydroxylation is 1. The maximum Gasteiger partial charge on any atom is 0.261 e. The lowest BCUT2D eigenvalue weighted by Gasteiger charge is -2.15. The number of carbonyl (C=O) groups excluding carboxylic acids is 1. The highest BCUT2D eigenvalue weighted by Gasteiger charge is 2.20. The summed E-state index contributed by atoms with van der Waals surface area (Å²) in [6.07, 6.45) is 0. The minimum Gasteiger partial charge on any atom is -0.495 e. The number of hydrogen-bond acceptors (Lipinski definition) is 6. The normalized spacial score (nSPS) is 10.8. The van der Waals surface area contributed by atoms with E-state index >= 15 is 0 Å². The van der Waals surface area contributed by atoms with E-state index in [0.29, 0.717) is 26.8 Å². The van der Waals surface area contributed by atoms with Crippen LogP contribution in [0.3, 0.4) is 0 Å². The Morgan fingerprint density at radius 2 is 1.88 bits per heavy atom. The molecular formula is C23H20BrN5O2S2. The lowest BCUT2D eigenvalue weighted by molar-refractivity contribution is 0.0974. The van der Waals surface area contributed by atoms with Crippen molar-refractivity contribution in [2.45, 2.75) is 17.8 Å². The van der Waals surface area contributed by atoms with Crippen LogP contribution in [0.5, 0.6) is 5.75 Å². The lowest BCUT2D eigenvalue weighted by atomic mass is 10.1. The second-order valence-corrected chi connectivity index (χ2v) is 9.17. The maximum absolute atomic E-state index is 13.1. The molecule has 7 nitrogen and oxygen atoms in total. The number of nitrogens with zero attached hydrogens (tertiary/aromatic N) is 3. The summed E-state index contributed by atoms with van der Waals surface area (Å²) < 4.78 is 7.87. The van der Waals surface area contributed by atoms with E-state index in [1.165, 1.54) is 24.4 Å². The summed E-state index contributed by atoms with van der Waals surface area (Å²) in [4.78, 5) is 13.1. The van der Waals surface area contributed by atoms with E-state index in [1.54, 1.807) is 17.7 Å². The molecule has 1 aromatic heterocycles. The highest BCUT2D eigenvalue weighted by molar-refractivity contribution is 9.10. The average molecular weight is 542 g/mol. The first-order valence-electron chi connectivity index (χ1n) is 9.94. The largest absolute Gasteiger partial charge is 0.495 e. The van der Waals surface area contributed by atoms with Crippen molar-refractivity contribution in [3.8, 4) is 5.75 Å². The van der Waals surface area contributed by atoms with Gasteiger partial charge in [-0.05, 0) is 57.5 Å². The van der Waals surface area contributed by atoms with Gasteiger partial charge in [0.15, 0.2) is 5.11 Å². The Morgan fingerprint density at radius 1 is 1.15 bits per heavy atom. The third-order valence-electron chi connectivity index (χ3n) is 4.84. The quantitative estimate of drug-likeness (QED) is 0.260. The van der Waals surface area contributed by atoms with Crippen molar-refractivity contribution in [2.24, 2.45) is 0 Å². The summed E-state index contributed by atoms with van der Waals surface area (Å²) in [6, 6.07) is 19.6. The van der Waals surface area contributed by atoms with E-state index in [4.69, 9.17) is 17.0 Å².